The van der Waals surface area contributed by atoms with E-state index in [-0.39, 0.29) is 5.41 Å². The highest BCUT2D eigenvalue weighted by Crippen LogP contribution is 2.50. The highest BCUT2D eigenvalue weighted by molar-refractivity contribution is 5.91. The van der Waals surface area contributed by atoms with Crippen molar-refractivity contribution in [3.05, 3.63) is 42.4 Å². The van der Waals surface area contributed by atoms with Gasteiger partial charge in [-0.3, -0.25) is 4.79 Å². The second kappa shape index (κ2) is 3.62. The predicted molar refractivity (Wildman–Crippen MR) is 62.6 cm³/mol. The van der Waals surface area contributed by atoms with Crippen LogP contribution in [0.1, 0.15) is 31.2 Å². The average Bonchev–Trinajstić information content (AvgIpc) is 2.97. The number of amides is 1. The molecule has 1 radical (unpaired) electrons. The normalized spacial score (nSPS) is 22.1. The van der Waals surface area contributed by atoms with Gasteiger partial charge in [0.2, 0.25) is 5.91 Å². The maximum Gasteiger partial charge on any atom is 0.233 e. The van der Waals surface area contributed by atoms with Crippen LogP contribution in [0.25, 0.3) is 0 Å². The first-order valence-electron chi connectivity index (χ1n) is 6.03. The summed E-state index contributed by atoms with van der Waals surface area (Å²) in [6.07, 6.45) is 4.20. The first kappa shape index (κ1) is 9.88. The second-order valence-electron chi connectivity index (χ2n) is 4.77. The Bertz CT molecular complexity index is 388. The number of benzene rings is 1. The number of nitrogens with zero attached hydrogens (tertiary/aromatic N) is 1. The van der Waals surface area contributed by atoms with Crippen LogP contribution in [0.3, 0.4) is 0 Å². The molecule has 3 rings (SSSR count). The van der Waals surface area contributed by atoms with E-state index < -0.39 is 0 Å². The fraction of sp³-hybridized carbons (Fsp3) is 0.429. The molecule has 1 aromatic rings. The van der Waals surface area contributed by atoms with Gasteiger partial charge in [-0.1, -0.05) is 30.3 Å². The molecule has 2 heteroatoms. The zero-order valence-electron chi connectivity index (χ0n) is 9.36. The van der Waals surface area contributed by atoms with E-state index in [0.29, 0.717) is 5.91 Å². The number of likely N-dealkylation sites (tertiary alicyclic amines) is 1. The van der Waals surface area contributed by atoms with Crippen molar-refractivity contribution in [2.75, 3.05) is 6.54 Å². The minimum Gasteiger partial charge on any atom is -0.337 e. The Kier molecular flexibility index (Phi) is 2.23. The van der Waals surface area contributed by atoms with Gasteiger partial charge in [0.1, 0.15) is 0 Å². The molecule has 1 heterocycles. The van der Waals surface area contributed by atoms with Gasteiger partial charge < -0.3 is 4.90 Å². The van der Waals surface area contributed by atoms with Crippen LogP contribution in [0.5, 0.6) is 0 Å². The summed E-state index contributed by atoms with van der Waals surface area (Å²) in [6, 6.07) is 10.2. The van der Waals surface area contributed by atoms with Gasteiger partial charge in [-0.2, -0.15) is 0 Å². The Morgan fingerprint density at radius 1 is 1.19 bits per heavy atom. The summed E-state index contributed by atoms with van der Waals surface area (Å²) in [5.41, 5.74) is 1.02. The largest absolute Gasteiger partial charge is 0.337 e. The van der Waals surface area contributed by atoms with Crippen LogP contribution in [0.4, 0.5) is 0 Å². The SMILES string of the molecule is O=C(N1[CH]CCC1)C1(c2ccccc2)CC1. The van der Waals surface area contributed by atoms with Crippen LogP contribution < -0.4 is 0 Å². The van der Waals surface area contributed by atoms with Crippen LogP contribution >= 0.6 is 0 Å². The quantitative estimate of drug-likeness (QED) is 0.740. The van der Waals surface area contributed by atoms with E-state index in [0.717, 1.165) is 32.2 Å². The van der Waals surface area contributed by atoms with Crippen molar-refractivity contribution in [3.8, 4) is 0 Å². The van der Waals surface area contributed by atoms with Gasteiger partial charge in [0, 0.05) is 6.54 Å². The Morgan fingerprint density at radius 2 is 1.94 bits per heavy atom. The third kappa shape index (κ3) is 1.44. The first-order chi connectivity index (χ1) is 7.83. The third-order valence-electron chi connectivity index (χ3n) is 3.70. The molecule has 0 N–H and O–H groups in total. The number of hydrogen-bond acceptors (Lipinski definition) is 1. The average molecular weight is 214 g/mol. The Morgan fingerprint density at radius 3 is 2.50 bits per heavy atom. The van der Waals surface area contributed by atoms with Crippen molar-refractivity contribution in [1.82, 2.24) is 4.90 Å². The van der Waals surface area contributed by atoms with Crippen molar-refractivity contribution >= 4 is 5.91 Å². The smallest absolute Gasteiger partial charge is 0.233 e. The van der Waals surface area contributed by atoms with Gasteiger partial charge in [0.05, 0.1) is 12.0 Å². The van der Waals surface area contributed by atoms with Gasteiger partial charge >= 0.3 is 0 Å². The molecule has 2 aliphatic rings. The van der Waals surface area contributed by atoms with E-state index in [4.69, 9.17) is 0 Å². The molecule has 1 aliphatic heterocycles. The van der Waals surface area contributed by atoms with E-state index in [9.17, 15) is 4.79 Å². The molecular weight excluding hydrogens is 198 g/mol. The van der Waals surface area contributed by atoms with Gasteiger partial charge in [-0.25, -0.2) is 0 Å². The molecule has 0 bridgehead atoms. The molecule has 0 aromatic heterocycles. The zero-order valence-corrected chi connectivity index (χ0v) is 9.36. The van der Waals surface area contributed by atoms with Crippen LogP contribution in [-0.2, 0) is 10.2 Å². The molecule has 0 spiro atoms. The lowest BCUT2D eigenvalue weighted by Gasteiger charge is -2.22. The van der Waals surface area contributed by atoms with Crippen LogP contribution in [0.2, 0.25) is 0 Å². The number of hydrogen-bond donors (Lipinski definition) is 0. The Balaban J connectivity index is 1.86. The lowest BCUT2D eigenvalue weighted by molar-refractivity contribution is -0.131. The van der Waals surface area contributed by atoms with Gasteiger partial charge in [-0.15, -0.1) is 0 Å². The summed E-state index contributed by atoms with van der Waals surface area (Å²) < 4.78 is 0. The van der Waals surface area contributed by atoms with E-state index in [1.165, 1.54) is 5.56 Å². The molecule has 16 heavy (non-hydrogen) atoms. The molecule has 1 aromatic carbocycles. The summed E-state index contributed by atoms with van der Waals surface area (Å²) in [7, 11) is 0. The minimum atomic E-state index is -0.178. The number of rotatable bonds is 2. The zero-order chi connectivity index (χ0) is 11.0. The molecule has 2 fully saturated rings. The third-order valence-corrected chi connectivity index (χ3v) is 3.70. The highest BCUT2D eigenvalue weighted by Gasteiger charge is 2.53. The van der Waals surface area contributed by atoms with Crippen molar-refractivity contribution in [3.63, 3.8) is 0 Å². The van der Waals surface area contributed by atoms with Crippen LogP contribution in [0, 0.1) is 6.54 Å². The van der Waals surface area contributed by atoms with E-state index in [2.05, 4.69) is 18.7 Å². The standard InChI is InChI=1S/C14H16NO/c16-13(15-10-4-5-11-15)14(8-9-14)12-6-2-1-3-7-12/h1-3,6-7,10H,4-5,8-9,11H2. The summed E-state index contributed by atoms with van der Waals surface area (Å²) >= 11 is 0. The Hall–Kier alpha value is -1.31. The summed E-state index contributed by atoms with van der Waals surface area (Å²) in [4.78, 5) is 14.4. The monoisotopic (exact) mass is 214 g/mol. The fourth-order valence-electron chi connectivity index (χ4n) is 2.57. The van der Waals surface area contributed by atoms with Gasteiger partial charge in [0.15, 0.2) is 0 Å². The summed E-state index contributed by atoms with van der Waals surface area (Å²) in [5, 5.41) is 0. The van der Waals surface area contributed by atoms with E-state index >= 15 is 0 Å². The van der Waals surface area contributed by atoms with E-state index in [1.54, 1.807) is 0 Å². The minimum absolute atomic E-state index is 0.178. The molecule has 2 nitrogen and oxygen atoms in total. The second-order valence-corrected chi connectivity index (χ2v) is 4.77. The maximum absolute atomic E-state index is 12.4. The molecule has 1 amide bonds. The Labute approximate surface area is 96.3 Å². The molecule has 83 valence electrons. The predicted octanol–water partition coefficient (Wildman–Crippen LogP) is 2.50. The summed E-state index contributed by atoms with van der Waals surface area (Å²) in [6.45, 7) is 2.97. The topological polar surface area (TPSA) is 20.3 Å². The van der Waals surface area contributed by atoms with Crippen LogP contribution in [-0.4, -0.2) is 17.4 Å². The number of carbonyl (C=O) groups excluding carboxylic acids is 1. The lowest BCUT2D eigenvalue weighted by Crippen LogP contribution is -2.35. The lowest BCUT2D eigenvalue weighted by atomic mass is 9.94. The molecule has 0 atom stereocenters. The van der Waals surface area contributed by atoms with Crippen LogP contribution in [0.15, 0.2) is 30.3 Å². The summed E-state index contributed by atoms with van der Waals surface area (Å²) in [5.74, 6) is 0.316. The molecule has 1 saturated heterocycles. The molecule has 1 aliphatic carbocycles. The van der Waals surface area contributed by atoms with Crippen molar-refractivity contribution < 1.29 is 4.79 Å². The first-order valence-corrected chi connectivity index (χ1v) is 6.03. The van der Waals surface area contributed by atoms with Crippen molar-refractivity contribution in [2.45, 2.75) is 31.1 Å². The molecule has 1 saturated carbocycles. The molecular formula is C14H16NO. The highest BCUT2D eigenvalue weighted by atomic mass is 16.2. The maximum atomic E-state index is 12.4. The van der Waals surface area contributed by atoms with E-state index in [1.807, 2.05) is 23.1 Å². The number of carbonyl (C=O) groups is 1. The molecule has 0 unspecified atom stereocenters. The van der Waals surface area contributed by atoms with Gasteiger partial charge in [0.25, 0.3) is 0 Å². The van der Waals surface area contributed by atoms with Crippen molar-refractivity contribution in [1.29, 1.82) is 0 Å². The van der Waals surface area contributed by atoms with Crippen molar-refractivity contribution in [2.24, 2.45) is 0 Å². The fourth-order valence-corrected chi connectivity index (χ4v) is 2.57. The van der Waals surface area contributed by atoms with Gasteiger partial charge in [-0.05, 0) is 31.2 Å².